The van der Waals surface area contributed by atoms with Crippen molar-refractivity contribution < 1.29 is 29.0 Å². The van der Waals surface area contributed by atoms with Gasteiger partial charge in [0, 0.05) is 32.5 Å². The van der Waals surface area contributed by atoms with Gasteiger partial charge in [-0.3, -0.25) is 9.69 Å². The number of ether oxygens (including phenoxy) is 2. The normalized spacial score (nSPS) is 21.5. The molecule has 2 amide bonds. The maximum Gasteiger partial charge on any atom is 0.411 e. The van der Waals surface area contributed by atoms with E-state index >= 15 is 0 Å². The molecular formula is C14H24N2O6. The number of carboxylic acid groups (broad SMARTS) is 1. The molecule has 1 rings (SSSR count). The molecule has 0 unspecified atom stereocenters. The van der Waals surface area contributed by atoms with E-state index in [0.717, 1.165) is 4.90 Å². The third kappa shape index (κ3) is 5.51. The van der Waals surface area contributed by atoms with Crippen LogP contribution < -0.4 is 5.32 Å². The summed E-state index contributed by atoms with van der Waals surface area (Å²) in [5.41, 5.74) is -0.708. The zero-order chi connectivity index (χ0) is 16.9. The fourth-order valence-corrected chi connectivity index (χ4v) is 2.19. The third-order valence-electron chi connectivity index (χ3n) is 3.11. The van der Waals surface area contributed by atoms with Crippen LogP contribution >= 0.6 is 0 Å². The number of carboxylic acids is 1. The van der Waals surface area contributed by atoms with Crippen LogP contribution in [0.3, 0.4) is 0 Å². The molecule has 0 radical (unpaired) electrons. The van der Waals surface area contributed by atoms with Crippen molar-refractivity contribution in [3.63, 3.8) is 0 Å². The van der Waals surface area contributed by atoms with Gasteiger partial charge >= 0.3 is 12.1 Å². The van der Waals surface area contributed by atoms with Gasteiger partial charge in [0.05, 0.1) is 6.61 Å². The van der Waals surface area contributed by atoms with Gasteiger partial charge in [-0.15, -0.1) is 0 Å². The van der Waals surface area contributed by atoms with Crippen molar-refractivity contribution in [2.24, 2.45) is 0 Å². The van der Waals surface area contributed by atoms with Gasteiger partial charge < -0.3 is 19.9 Å². The molecule has 0 bridgehead atoms. The summed E-state index contributed by atoms with van der Waals surface area (Å²) in [6.07, 6.45) is -0.335. The van der Waals surface area contributed by atoms with Crippen molar-refractivity contribution in [2.75, 3.05) is 20.3 Å². The molecule has 126 valence electrons. The number of aliphatic carboxylic acids is 1. The summed E-state index contributed by atoms with van der Waals surface area (Å²) < 4.78 is 10.0. The summed E-state index contributed by atoms with van der Waals surface area (Å²) in [5.74, 6) is -1.35. The van der Waals surface area contributed by atoms with Gasteiger partial charge in [-0.05, 0) is 20.8 Å². The average Bonchev–Trinajstić information content (AvgIpc) is 2.78. The highest BCUT2D eigenvalue weighted by atomic mass is 16.6. The lowest BCUT2D eigenvalue weighted by molar-refractivity contribution is -0.142. The van der Waals surface area contributed by atoms with Crippen molar-refractivity contribution in [1.29, 1.82) is 0 Å². The molecule has 1 aliphatic rings. The van der Waals surface area contributed by atoms with E-state index in [1.165, 1.54) is 7.11 Å². The van der Waals surface area contributed by atoms with Gasteiger partial charge in [0.1, 0.15) is 11.6 Å². The van der Waals surface area contributed by atoms with Crippen molar-refractivity contribution >= 4 is 18.0 Å². The topological polar surface area (TPSA) is 105 Å². The van der Waals surface area contributed by atoms with Crippen molar-refractivity contribution in [1.82, 2.24) is 10.2 Å². The van der Waals surface area contributed by atoms with E-state index < -0.39 is 29.7 Å². The number of nitrogens with zero attached hydrogens (tertiary/aromatic N) is 1. The Hall–Kier alpha value is -1.83. The van der Waals surface area contributed by atoms with Crippen LogP contribution in [0.25, 0.3) is 0 Å². The summed E-state index contributed by atoms with van der Waals surface area (Å²) in [5, 5.41) is 12.0. The van der Waals surface area contributed by atoms with Crippen LogP contribution in [-0.4, -0.2) is 65.9 Å². The zero-order valence-corrected chi connectivity index (χ0v) is 13.4. The molecule has 0 spiro atoms. The number of carbonyl (C=O) groups is 3. The Bertz CT molecular complexity index is 432. The van der Waals surface area contributed by atoms with Crippen molar-refractivity contribution in [3.8, 4) is 0 Å². The lowest BCUT2D eigenvalue weighted by Crippen LogP contribution is -2.44. The quantitative estimate of drug-likeness (QED) is 0.769. The van der Waals surface area contributed by atoms with Gasteiger partial charge in [-0.2, -0.15) is 0 Å². The first-order valence-electron chi connectivity index (χ1n) is 7.14. The lowest BCUT2D eigenvalue weighted by Gasteiger charge is -2.26. The van der Waals surface area contributed by atoms with Crippen LogP contribution in [0.1, 0.15) is 33.6 Å². The van der Waals surface area contributed by atoms with E-state index in [-0.39, 0.29) is 31.9 Å². The molecule has 0 aliphatic carbocycles. The molecule has 22 heavy (non-hydrogen) atoms. The van der Waals surface area contributed by atoms with E-state index in [9.17, 15) is 19.5 Å². The first-order valence-corrected chi connectivity index (χ1v) is 7.14. The standard InChI is InChI=1S/C14H24N2O6/c1-14(2,3)22-13(20)16-8-9(7-10(16)12(18)19)15-11(17)5-6-21-4/h9-10H,5-8H2,1-4H3,(H,15,17)(H,18,19)/t9-,10+/m0/s1. The van der Waals surface area contributed by atoms with Crippen molar-refractivity contribution in [3.05, 3.63) is 0 Å². The fourth-order valence-electron chi connectivity index (χ4n) is 2.19. The first-order chi connectivity index (χ1) is 10.1. The molecule has 8 heteroatoms. The second-order valence-corrected chi connectivity index (χ2v) is 6.23. The van der Waals surface area contributed by atoms with Crippen LogP contribution in [0.4, 0.5) is 4.79 Å². The molecule has 1 aliphatic heterocycles. The molecule has 1 heterocycles. The average molecular weight is 316 g/mol. The molecule has 0 aromatic carbocycles. The SMILES string of the molecule is COCCC(=O)N[C@H]1C[C@H](C(=O)O)N(C(=O)OC(C)(C)C)C1. The van der Waals surface area contributed by atoms with Gasteiger partial charge in [0.2, 0.25) is 5.91 Å². The molecule has 1 fully saturated rings. The number of hydrogen-bond acceptors (Lipinski definition) is 5. The van der Waals surface area contributed by atoms with Gasteiger partial charge in [-0.25, -0.2) is 9.59 Å². The van der Waals surface area contributed by atoms with E-state index in [2.05, 4.69) is 5.32 Å². The third-order valence-corrected chi connectivity index (χ3v) is 3.11. The largest absolute Gasteiger partial charge is 0.480 e. The predicted octanol–water partition coefficient (Wildman–Crippen LogP) is 0.602. The van der Waals surface area contributed by atoms with Gasteiger partial charge in [-0.1, -0.05) is 0 Å². The van der Waals surface area contributed by atoms with E-state index in [4.69, 9.17) is 9.47 Å². The number of amides is 2. The highest BCUT2D eigenvalue weighted by Gasteiger charge is 2.41. The number of methoxy groups -OCH3 is 1. The molecule has 0 aromatic heterocycles. The fraction of sp³-hybridized carbons (Fsp3) is 0.786. The molecule has 2 N–H and O–H groups in total. The minimum atomic E-state index is -1.11. The Morgan fingerprint density at radius 3 is 2.45 bits per heavy atom. The maximum absolute atomic E-state index is 12.1. The van der Waals surface area contributed by atoms with E-state index in [0.29, 0.717) is 0 Å². The van der Waals surface area contributed by atoms with E-state index in [1.54, 1.807) is 20.8 Å². The molecule has 2 atom stereocenters. The smallest absolute Gasteiger partial charge is 0.411 e. The minimum absolute atomic E-state index is 0.116. The molecule has 1 saturated heterocycles. The monoisotopic (exact) mass is 316 g/mol. The maximum atomic E-state index is 12.1. The van der Waals surface area contributed by atoms with Crippen LogP contribution in [0.15, 0.2) is 0 Å². The summed E-state index contributed by atoms with van der Waals surface area (Å²) in [6.45, 7) is 5.53. The Morgan fingerprint density at radius 1 is 1.32 bits per heavy atom. The Kier molecular flexibility index (Phi) is 6.16. The molecule has 0 aromatic rings. The number of likely N-dealkylation sites (tertiary alicyclic amines) is 1. The highest BCUT2D eigenvalue weighted by Crippen LogP contribution is 2.21. The molecule has 0 saturated carbocycles. The summed E-state index contributed by atoms with van der Waals surface area (Å²) in [4.78, 5) is 36.2. The highest BCUT2D eigenvalue weighted by molar-refractivity contribution is 5.82. The Labute approximate surface area is 129 Å². The van der Waals surface area contributed by atoms with Crippen LogP contribution in [0, 0.1) is 0 Å². The minimum Gasteiger partial charge on any atom is -0.480 e. The Morgan fingerprint density at radius 2 is 1.95 bits per heavy atom. The predicted molar refractivity (Wildman–Crippen MR) is 77.4 cm³/mol. The van der Waals surface area contributed by atoms with Crippen LogP contribution in [0.5, 0.6) is 0 Å². The molecule has 8 nitrogen and oxygen atoms in total. The summed E-state index contributed by atoms with van der Waals surface area (Å²) in [6, 6.07) is -1.40. The Balaban J connectivity index is 2.67. The van der Waals surface area contributed by atoms with Gasteiger partial charge in [0.25, 0.3) is 0 Å². The van der Waals surface area contributed by atoms with Crippen molar-refractivity contribution in [2.45, 2.75) is 51.3 Å². The van der Waals surface area contributed by atoms with Crippen LogP contribution in [-0.2, 0) is 19.1 Å². The van der Waals surface area contributed by atoms with Gasteiger partial charge in [0.15, 0.2) is 0 Å². The summed E-state index contributed by atoms with van der Waals surface area (Å²) >= 11 is 0. The number of carbonyl (C=O) groups excluding carboxylic acids is 2. The summed E-state index contributed by atoms with van der Waals surface area (Å²) in [7, 11) is 1.49. The second kappa shape index (κ2) is 7.44. The molecular weight excluding hydrogens is 292 g/mol. The number of rotatable bonds is 5. The lowest BCUT2D eigenvalue weighted by atomic mass is 10.1. The van der Waals surface area contributed by atoms with Crippen LogP contribution in [0.2, 0.25) is 0 Å². The first kappa shape index (κ1) is 18.2. The zero-order valence-electron chi connectivity index (χ0n) is 13.4. The number of nitrogens with one attached hydrogen (secondary N) is 1. The second-order valence-electron chi connectivity index (χ2n) is 6.23. The van der Waals surface area contributed by atoms with E-state index in [1.807, 2.05) is 0 Å². The number of hydrogen-bond donors (Lipinski definition) is 2.